The summed E-state index contributed by atoms with van der Waals surface area (Å²) < 4.78 is 3.96. The third kappa shape index (κ3) is 4.62. The Morgan fingerprint density at radius 2 is 1.78 bits per heavy atom. The number of rotatable bonds is 8. The average Bonchev–Trinajstić information content (AvgIpc) is 3.45. The highest BCUT2D eigenvalue weighted by Crippen LogP contribution is 2.27. The fraction of sp³-hybridized carbons (Fsp3) is 0.143. The molecule has 0 N–H and O–H groups in total. The maximum atomic E-state index is 11.4. The predicted octanol–water partition coefficient (Wildman–Crippen LogP) is 4.55. The van der Waals surface area contributed by atoms with Crippen molar-refractivity contribution in [2.75, 3.05) is 0 Å². The van der Waals surface area contributed by atoms with Gasteiger partial charge in [-0.05, 0) is 30.2 Å². The van der Waals surface area contributed by atoms with Crippen molar-refractivity contribution < 1.29 is 9.85 Å². The van der Waals surface area contributed by atoms with Crippen LogP contribution in [0.25, 0.3) is 11.3 Å². The predicted molar refractivity (Wildman–Crippen MR) is 120 cm³/mol. The number of nitro groups is 2. The Bertz CT molecular complexity index is 1310. The topological polar surface area (TPSA) is 121 Å². The SMILES string of the molecule is O=[N+]([O-])c1ccc(-c2csc(=Nc3ccccc3[N+](=O)[O-])n2CCCn2ccnc2)cc1. The number of aromatic nitrogens is 3. The molecule has 0 saturated heterocycles. The normalized spacial score (nSPS) is 11.6. The molecular weight excluding hydrogens is 432 g/mol. The van der Waals surface area contributed by atoms with E-state index in [1.807, 2.05) is 20.7 Å². The first-order valence-corrected chi connectivity index (χ1v) is 10.6. The van der Waals surface area contributed by atoms with Crippen molar-refractivity contribution in [1.82, 2.24) is 14.1 Å². The lowest BCUT2D eigenvalue weighted by molar-refractivity contribution is -0.384. The van der Waals surface area contributed by atoms with E-state index in [0.717, 1.165) is 24.2 Å². The van der Waals surface area contributed by atoms with Crippen molar-refractivity contribution in [1.29, 1.82) is 0 Å². The smallest absolute Gasteiger partial charge is 0.294 e. The minimum Gasteiger partial charge on any atom is -0.337 e. The summed E-state index contributed by atoms with van der Waals surface area (Å²) in [4.78, 5) is 30.7. The van der Waals surface area contributed by atoms with Gasteiger partial charge in [0.1, 0.15) is 5.69 Å². The van der Waals surface area contributed by atoms with Gasteiger partial charge in [0.2, 0.25) is 0 Å². The summed E-state index contributed by atoms with van der Waals surface area (Å²) in [6, 6.07) is 12.7. The van der Waals surface area contributed by atoms with E-state index >= 15 is 0 Å². The number of imidazole rings is 1. The molecule has 2 heterocycles. The first-order chi connectivity index (χ1) is 15.5. The van der Waals surface area contributed by atoms with Crippen molar-refractivity contribution in [3.8, 4) is 11.3 Å². The second-order valence-electron chi connectivity index (χ2n) is 6.87. The van der Waals surface area contributed by atoms with Gasteiger partial charge in [-0.2, -0.15) is 0 Å². The number of benzene rings is 2. The highest BCUT2D eigenvalue weighted by atomic mass is 32.1. The first kappa shape index (κ1) is 21.1. The third-order valence-electron chi connectivity index (χ3n) is 4.82. The number of non-ortho nitro benzene ring substituents is 1. The van der Waals surface area contributed by atoms with E-state index in [1.54, 1.807) is 42.9 Å². The average molecular weight is 450 g/mol. The van der Waals surface area contributed by atoms with Crippen LogP contribution in [0.2, 0.25) is 0 Å². The Balaban J connectivity index is 1.74. The monoisotopic (exact) mass is 450 g/mol. The standard InChI is InChI=1S/C21H18N6O4S/c28-26(29)17-8-6-16(7-9-17)20-14-32-21(23-18-4-1-2-5-19(18)27(30)31)25(20)12-3-11-24-13-10-22-15-24/h1-2,4-10,13-15H,3,11-12H2. The Morgan fingerprint density at radius 1 is 1.00 bits per heavy atom. The zero-order chi connectivity index (χ0) is 22.5. The van der Waals surface area contributed by atoms with E-state index in [0.29, 0.717) is 11.3 Å². The molecule has 0 atom stereocenters. The molecule has 0 aliphatic rings. The van der Waals surface area contributed by atoms with E-state index in [2.05, 4.69) is 9.98 Å². The van der Waals surface area contributed by atoms with Gasteiger partial charge in [0, 0.05) is 49.1 Å². The Kier molecular flexibility index (Phi) is 6.17. The molecule has 2 aromatic carbocycles. The molecule has 2 aromatic heterocycles. The van der Waals surface area contributed by atoms with Gasteiger partial charge < -0.3 is 9.13 Å². The summed E-state index contributed by atoms with van der Waals surface area (Å²) >= 11 is 1.37. The molecule has 4 aromatic rings. The number of hydrogen-bond acceptors (Lipinski definition) is 7. The minimum atomic E-state index is -0.451. The summed E-state index contributed by atoms with van der Waals surface area (Å²) in [5.74, 6) is 0. The number of para-hydroxylation sites is 2. The van der Waals surface area contributed by atoms with Crippen LogP contribution in [0, 0.1) is 20.2 Å². The van der Waals surface area contributed by atoms with Gasteiger partial charge in [-0.15, -0.1) is 11.3 Å². The summed E-state index contributed by atoms with van der Waals surface area (Å²) in [6.45, 7) is 1.35. The van der Waals surface area contributed by atoms with Crippen LogP contribution in [0.4, 0.5) is 17.1 Å². The molecule has 4 rings (SSSR count). The van der Waals surface area contributed by atoms with Crippen LogP contribution in [0.3, 0.4) is 0 Å². The molecule has 10 nitrogen and oxygen atoms in total. The van der Waals surface area contributed by atoms with Gasteiger partial charge >= 0.3 is 0 Å². The maximum absolute atomic E-state index is 11.4. The number of hydrogen-bond donors (Lipinski definition) is 0. The van der Waals surface area contributed by atoms with E-state index in [4.69, 9.17) is 0 Å². The number of aryl methyl sites for hydroxylation is 1. The van der Waals surface area contributed by atoms with Crippen LogP contribution < -0.4 is 4.80 Å². The van der Waals surface area contributed by atoms with E-state index in [1.165, 1.54) is 29.5 Å². The molecule has 0 unspecified atom stereocenters. The molecule has 0 aliphatic carbocycles. The first-order valence-electron chi connectivity index (χ1n) is 9.70. The fourth-order valence-corrected chi connectivity index (χ4v) is 4.21. The molecule has 0 spiro atoms. The molecule has 0 aliphatic heterocycles. The molecule has 32 heavy (non-hydrogen) atoms. The molecule has 0 radical (unpaired) electrons. The second kappa shape index (κ2) is 9.35. The van der Waals surface area contributed by atoms with Gasteiger partial charge in [0.25, 0.3) is 11.4 Å². The summed E-state index contributed by atoms with van der Waals surface area (Å²) in [7, 11) is 0. The van der Waals surface area contributed by atoms with E-state index in [-0.39, 0.29) is 17.1 Å². The third-order valence-corrected chi connectivity index (χ3v) is 5.69. The summed E-state index contributed by atoms with van der Waals surface area (Å²) in [5.41, 5.74) is 1.87. The lowest BCUT2D eigenvalue weighted by Gasteiger charge is -2.10. The molecular formula is C21H18N6O4S. The van der Waals surface area contributed by atoms with Gasteiger partial charge in [-0.25, -0.2) is 9.98 Å². The van der Waals surface area contributed by atoms with Crippen molar-refractivity contribution in [2.24, 2.45) is 4.99 Å². The molecule has 11 heteroatoms. The molecule has 0 saturated carbocycles. The lowest BCUT2D eigenvalue weighted by Crippen LogP contribution is -2.17. The highest BCUT2D eigenvalue weighted by Gasteiger charge is 2.14. The maximum Gasteiger partial charge on any atom is 0.294 e. The summed E-state index contributed by atoms with van der Waals surface area (Å²) in [6.07, 6.45) is 6.12. The number of nitro benzene ring substituents is 2. The number of thiazole rings is 1. The van der Waals surface area contributed by atoms with Gasteiger partial charge in [-0.3, -0.25) is 20.2 Å². The molecule has 0 amide bonds. The van der Waals surface area contributed by atoms with Crippen molar-refractivity contribution in [3.63, 3.8) is 0 Å². The van der Waals surface area contributed by atoms with Crippen LogP contribution in [-0.4, -0.2) is 24.0 Å². The van der Waals surface area contributed by atoms with Crippen molar-refractivity contribution in [3.05, 3.63) is 97.7 Å². The van der Waals surface area contributed by atoms with Gasteiger partial charge in [0.15, 0.2) is 4.80 Å². The Labute approximate surface area is 186 Å². The lowest BCUT2D eigenvalue weighted by atomic mass is 10.1. The minimum absolute atomic E-state index is 0.0143. The summed E-state index contributed by atoms with van der Waals surface area (Å²) in [5, 5.41) is 24.3. The van der Waals surface area contributed by atoms with Crippen molar-refractivity contribution in [2.45, 2.75) is 19.5 Å². The van der Waals surface area contributed by atoms with Gasteiger partial charge in [-0.1, -0.05) is 12.1 Å². The fourth-order valence-electron chi connectivity index (χ4n) is 3.27. The van der Waals surface area contributed by atoms with E-state index < -0.39 is 9.85 Å². The Morgan fingerprint density at radius 3 is 2.47 bits per heavy atom. The van der Waals surface area contributed by atoms with Crippen LogP contribution >= 0.6 is 11.3 Å². The molecule has 0 bridgehead atoms. The van der Waals surface area contributed by atoms with E-state index in [9.17, 15) is 20.2 Å². The molecule has 0 fully saturated rings. The quantitative estimate of drug-likeness (QED) is 0.288. The van der Waals surface area contributed by atoms with Crippen LogP contribution in [-0.2, 0) is 13.1 Å². The Hall–Kier alpha value is -4.12. The highest BCUT2D eigenvalue weighted by molar-refractivity contribution is 7.07. The van der Waals surface area contributed by atoms with Crippen LogP contribution in [0.5, 0.6) is 0 Å². The largest absolute Gasteiger partial charge is 0.337 e. The number of nitrogens with zero attached hydrogens (tertiary/aromatic N) is 6. The van der Waals surface area contributed by atoms with Crippen LogP contribution in [0.15, 0.2) is 77.6 Å². The zero-order valence-corrected chi connectivity index (χ0v) is 17.6. The van der Waals surface area contributed by atoms with Crippen molar-refractivity contribution >= 4 is 28.4 Å². The van der Waals surface area contributed by atoms with Crippen LogP contribution in [0.1, 0.15) is 6.42 Å². The zero-order valence-electron chi connectivity index (χ0n) is 16.8. The second-order valence-corrected chi connectivity index (χ2v) is 7.71. The van der Waals surface area contributed by atoms with Gasteiger partial charge in [0.05, 0.1) is 21.9 Å². The molecule has 162 valence electrons.